The van der Waals surface area contributed by atoms with Gasteiger partial charge in [-0.1, -0.05) is 22.9 Å². The van der Waals surface area contributed by atoms with Gasteiger partial charge in [0.1, 0.15) is 5.75 Å². The van der Waals surface area contributed by atoms with Gasteiger partial charge in [-0.15, -0.1) is 0 Å². The first-order valence-electron chi connectivity index (χ1n) is 6.29. The summed E-state index contributed by atoms with van der Waals surface area (Å²) in [6.07, 6.45) is 0.236. The lowest BCUT2D eigenvalue weighted by atomic mass is 10.0. The van der Waals surface area contributed by atoms with E-state index in [0.717, 1.165) is 15.6 Å². The molecule has 0 radical (unpaired) electrons. The molecule has 0 saturated carbocycles. The number of hydrogen-bond donors (Lipinski definition) is 2. The van der Waals surface area contributed by atoms with Gasteiger partial charge < -0.3 is 15.6 Å². The lowest BCUT2D eigenvalue weighted by molar-refractivity contribution is -0.145. The average Bonchev–Trinajstić information content (AvgIpc) is 2.26. The molecule has 2 atom stereocenters. The van der Waals surface area contributed by atoms with Crippen LogP contribution in [0.3, 0.4) is 0 Å². The van der Waals surface area contributed by atoms with Crippen molar-refractivity contribution < 1.29 is 14.6 Å². The Morgan fingerprint density at radius 1 is 1.53 bits per heavy atom. The molecule has 19 heavy (non-hydrogen) atoms. The van der Waals surface area contributed by atoms with Crippen LogP contribution in [0.2, 0.25) is 0 Å². The van der Waals surface area contributed by atoms with E-state index in [1.54, 1.807) is 6.92 Å². The summed E-state index contributed by atoms with van der Waals surface area (Å²) < 4.78 is 6.61. The second-order valence-corrected chi connectivity index (χ2v) is 5.66. The van der Waals surface area contributed by atoms with E-state index in [4.69, 9.17) is 15.6 Å². The number of halogens is 1. The van der Waals surface area contributed by atoms with Gasteiger partial charge in [0.2, 0.25) is 0 Å². The molecule has 0 fully saturated rings. The molecule has 0 aliphatic heterocycles. The van der Waals surface area contributed by atoms with Gasteiger partial charge >= 0.3 is 5.97 Å². The summed E-state index contributed by atoms with van der Waals surface area (Å²) in [5.74, 6) is -0.314. The van der Waals surface area contributed by atoms with Crippen LogP contribution in [0.5, 0.6) is 5.75 Å². The third-order valence-corrected chi connectivity index (χ3v) is 3.22. The van der Waals surface area contributed by atoms with E-state index in [1.165, 1.54) is 0 Å². The molecule has 2 unspecified atom stereocenters. The maximum absolute atomic E-state index is 11.1. The van der Waals surface area contributed by atoms with E-state index < -0.39 is 12.1 Å². The number of carboxylic acids is 1. The number of nitrogens with two attached hydrogens (primary N) is 1. The molecule has 5 heteroatoms. The van der Waals surface area contributed by atoms with Crippen LogP contribution >= 0.6 is 15.9 Å². The first-order chi connectivity index (χ1) is 8.85. The highest BCUT2D eigenvalue weighted by molar-refractivity contribution is 9.10. The normalized spacial score (nSPS) is 13.9. The third kappa shape index (κ3) is 4.51. The van der Waals surface area contributed by atoms with Crippen LogP contribution in [-0.4, -0.2) is 23.2 Å². The molecular formula is C14H20BrNO3. The van der Waals surface area contributed by atoms with Crippen molar-refractivity contribution in [1.82, 2.24) is 0 Å². The van der Waals surface area contributed by atoms with Crippen LogP contribution in [-0.2, 0) is 11.2 Å². The molecule has 0 amide bonds. The zero-order valence-electron chi connectivity index (χ0n) is 11.4. The zero-order chi connectivity index (χ0) is 14.6. The van der Waals surface area contributed by atoms with Crippen LogP contribution in [0.25, 0.3) is 0 Å². The van der Waals surface area contributed by atoms with Gasteiger partial charge in [-0.2, -0.15) is 0 Å². The molecule has 0 saturated heterocycles. The molecule has 0 spiro atoms. The predicted octanol–water partition coefficient (Wildman–Crippen LogP) is 2.89. The SMILES string of the molecule is CCC(Oc1c(C)cc(Br)cc1CC(C)N)C(=O)O. The van der Waals surface area contributed by atoms with Crippen molar-refractivity contribution >= 4 is 21.9 Å². The lowest BCUT2D eigenvalue weighted by Crippen LogP contribution is -2.27. The summed E-state index contributed by atoms with van der Waals surface area (Å²) in [5.41, 5.74) is 7.67. The molecule has 4 nitrogen and oxygen atoms in total. The average molecular weight is 330 g/mol. The van der Waals surface area contributed by atoms with Gasteiger partial charge in [-0.05, 0) is 49.9 Å². The monoisotopic (exact) mass is 329 g/mol. The van der Waals surface area contributed by atoms with Crippen LogP contribution in [0.4, 0.5) is 0 Å². The van der Waals surface area contributed by atoms with Crippen LogP contribution in [0.1, 0.15) is 31.4 Å². The van der Waals surface area contributed by atoms with Crippen molar-refractivity contribution in [2.24, 2.45) is 5.73 Å². The maximum Gasteiger partial charge on any atom is 0.344 e. The van der Waals surface area contributed by atoms with E-state index in [1.807, 2.05) is 26.0 Å². The predicted molar refractivity (Wildman–Crippen MR) is 78.6 cm³/mol. The van der Waals surface area contributed by atoms with E-state index in [0.29, 0.717) is 18.6 Å². The molecule has 106 valence electrons. The van der Waals surface area contributed by atoms with Crippen molar-refractivity contribution in [3.05, 3.63) is 27.7 Å². The van der Waals surface area contributed by atoms with Gasteiger partial charge in [0, 0.05) is 10.5 Å². The molecule has 0 bridgehead atoms. The van der Waals surface area contributed by atoms with Crippen LogP contribution in [0.15, 0.2) is 16.6 Å². The number of ether oxygens (including phenoxy) is 1. The highest BCUT2D eigenvalue weighted by atomic mass is 79.9. The third-order valence-electron chi connectivity index (χ3n) is 2.76. The second kappa shape index (κ2) is 6.91. The minimum atomic E-state index is -0.948. The van der Waals surface area contributed by atoms with Crippen molar-refractivity contribution in [1.29, 1.82) is 0 Å². The number of rotatable bonds is 6. The van der Waals surface area contributed by atoms with Crippen LogP contribution < -0.4 is 10.5 Å². The van der Waals surface area contributed by atoms with Crippen molar-refractivity contribution in [2.75, 3.05) is 0 Å². The Balaban J connectivity index is 3.13. The minimum absolute atomic E-state index is 0.0130. The molecule has 1 aromatic carbocycles. The Morgan fingerprint density at radius 3 is 2.63 bits per heavy atom. The number of carboxylic acid groups (broad SMARTS) is 1. The Kier molecular flexibility index (Phi) is 5.82. The highest BCUT2D eigenvalue weighted by Crippen LogP contribution is 2.30. The first kappa shape index (κ1) is 16.0. The maximum atomic E-state index is 11.1. The number of carbonyl (C=O) groups is 1. The van der Waals surface area contributed by atoms with Crippen molar-refractivity contribution in [3.63, 3.8) is 0 Å². The topological polar surface area (TPSA) is 72.5 Å². The largest absolute Gasteiger partial charge is 0.479 e. The summed E-state index contributed by atoms with van der Waals surface area (Å²) in [6.45, 7) is 5.60. The molecule has 0 aliphatic carbocycles. The fourth-order valence-corrected chi connectivity index (χ4v) is 2.54. The van der Waals surface area contributed by atoms with Gasteiger partial charge in [-0.3, -0.25) is 0 Å². The number of benzene rings is 1. The molecular weight excluding hydrogens is 310 g/mol. The summed E-state index contributed by atoms with van der Waals surface area (Å²) in [4.78, 5) is 11.1. The van der Waals surface area contributed by atoms with E-state index >= 15 is 0 Å². The lowest BCUT2D eigenvalue weighted by Gasteiger charge is -2.20. The summed E-state index contributed by atoms with van der Waals surface area (Å²) >= 11 is 3.44. The summed E-state index contributed by atoms with van der Waals surface area (Å²) in [5, 5.41) is 9.09. The van der Waals surface area contributed by atoms with Crippen molar-refractivity contribution in [2.45, 2.75) is 45.8 Å². The van der Waals surface area contributed by atoms with Crippen molar-refractivity contribution in [3.8, 4) is 5.75 Å². The Morgan fingerprint density at radius 2 is 2.16 bits per heavy atom. The highest BCUT2D eigenvalue weighted by Gasteiger charge is 2.20. The quantitative estimate of drug-likeness (QED) is 0.841. The van der Waals surface area contributed by atoms with E-state index in [2.05, 4.69) is 15.9 Å². The standard InChI is InChI=1S/C14H20BrNO3/c1-4-12(14(17)18)19-13-8(2)5-11(15)7-10(13)6-9(3)16/h5,7,9,12H,4,6,16H2,1-3H3,(H,17,18). The number of aryl methyl sites for hydroxylation is 1. The summed E-state index contributed by atoms with van der Waals surface area (Å²) in [7, 11) is 0. The molecule has 0 aromatic heterocycles. The molecule has 3 N–H and O–H groups in total. The van der Waals surface area contributed by atoms with Crippen LogP contribution in [0, 0.1) is 6.92 Å². The first-order valence-corrected chi connectivity index (χ1v) is 7.08. The molecule has 1 aromatic rings. The zero-order valence-corrected chi connectivity index (χ0v) is 13.0. The minimum Gasteiger partial charge on any atom is -0.479 e. The fourth-order valence-electron chi connectivity index (χ4n) is 1.92. The molecule has 0 aliphatic rings. The smallest absolute Gasteiger partial charge is 0.344 e. The second-order valence-electron chi connectivity index (χ2n) is 4.75. The van der Waals surface area contributed by atoms with Gasteiger partial charge in [-0.25, -0.2) is 4.79 Å². The van der Waals surface area contributed by atoms with Gasteiger partial charge in [0.15, 0.2) is 6.10 Å². The summed E-state index contributed by atoms with van der Waals surface area (Å²) in [6, 6.07) is 3.83. The molecule has 0 heterocycles. The van der Waals surface area contributed by atoms with E-state index in [-0.39, 0.29) is 6.04 Å². The Hall–Kier alpha value is -1.07. The fraction of sp³-hybridized carbons (Fsp3) is 0.500. The van der Waals surface area contributed by atoms with Gasteiger partial charge in [0.25, 0.3) is 0 Å². The van der Waals surface area contributed by atoms with Gasteiger partial charge in [0.05, 0.1) is 0 Å². The number of aliphatic carboxylic acids is 1. The van der Waals surface area contributed by atoms with E-state index in [9.17, 15) is 4.79 Å². The Bertz CT molecular complexity index is 460. The molecule has 1 rings (SSSR count). The number of hydrogen-bond acceptors (Lipinski definition) is 3. The Labute approximate surface area is 122 Å².